The Morgan fingerprint density at radius 2 is 1.62 bits per heavy atom. The number of rotatable bonds is 4. The Bertz CT molecular complexity index is 1230. The fourth-order valence-corrected chi connectivity index (χ4v) is 3.27. The summed E-state index contributed by atoms with van der Waals surface area (Å²) in [5, 5.41) is 11.5. The van der Waals surface area contributed by atoms with Gasteiger partial charge in [0.25, 0.3) is 11.6 Å². The first-order valence-corrected chi connectivity index (χ1v) is 9.01. The summed E-state index contributed by atoms with van der Waals surface area (Å²) in [6, 6.07) is 20.7. The summed E-state index contributed by atoms with van der Waals surface area (Å²) >= 11 is 0. The number of nitro groups is 1. The van der Waals surface area contributed by atoms with E-state index in [-0.39, 0.29) is 17.4 Å². The van der Waals surface area contributed by atoms with Crippen LogP contribution in [-0.4, -0.2) is 34.5 Å². The monoisotopic (exact) mass is 386 g/mol. The summed E-state index contributed by atoms with van der Waals surface area (Å²) in [4.78, 5) is 31.0. The van der Waals surface area contributed by atoms with Gasteiger partial charge in [-0.05, 0) is 42.5 Å². The van der Waals surface area contributed by atoms with Gasteiger partial charge in [-0.15, -0.1) is 0 Å². The van der Waals surface area contributed by atoms with E-state index in [0.717, 1.165) is 5.69 Å². The Morgan fingerprint density at radius 1 is 0.966 bits per heavy atom. The molecule has 7 nitrogen and oxygen atoms in total. The highest BCUT2D eigenvalue weighted by atomic mass is 16.6. The lowest BCUT2D eigenvalue weighted by atomic mass is 10.1. The predicted octanol–water partition coefficient (Wildman–Crippen LogP) is 4.37. The quantitative estimate of drug-likeness (QED) is 0.384. The third-order valence-electron chi connectivity index (χ3n) is 4.74. The smallest absolute Gasteiger partial charge is 0.280 e. The van der Waals surface area contributed by atoms with Crippen molar-refractivity contribution in [1.82, 2.24) is 9.55 Å². The molecule has 0 radical (unpaired) electrons. The van der Waals surface area contributed by atoms with Gasteiger partial charge in [-0.2, -0.15) is 0 Å². The Kier molecular flexibility index (Phi) is 4.56. The summed E-state index contributed by atoms with van der Waals surface area (Å²) in [7, 11) is 3.85. The molecular formula is C22H18N4O3. The third kappa shape index (κ3) is 3.23. The minimum Gasteiger partial charge on any atom is -0.378 e. The average Bonchev–Trinajstić information content (AvgIpc) is 3.12. The number of imidazole rings is 1. The van der Waals surface area contributed by atoms with E-state index in [0.29, 0.717) is 22.2 Å². The first-order valence-electron chi connectivity index (χ1n) is 9.01. The molecule has 1 aromatic heterocycles. The van der Waals surface area contributed by atoms with Crippen LogP contribution in [0.5, 0.6) is 0 Å². The first-order chi connectivity index (χ1) is 14.0. The zero-order valence-electron chi connectivity index (χ0n) is 15.9. The third-order valence-corrected chi connectivity index (χ3v) is 4.74. The van der Waals surface area contributed by atoms with E-state index in [4.69, 9.17) is 0 Å². The molecule has 0 N–H and O–H groups in total. The SMILES string of the molecule is CN(C)c1ccc(C(=O)n2c(-c3ccccc3[N+](=O)[O-])nc3ccccc32)cc1. The summed E-state index contributed by atoms with van der Waals surface area (Å²) < 4.78 is 1.45. The number of aromatic nitrogens is 2. The minimum atomic E-state index is -0.463. The van der Waals surface area contributed by atoms with E-state index in [1.807, 2.05) is 43.3 Å². The van der Waals surface area contributed by atoms with Crippen molar-refractivity contribution in [1.29, 1.82) is 0 Å². The molecule has 0 atom stereocenters. The van der Waals surface area contributed by atoms with Crippen molar-refractivity contribution < 1.29 is 9.72 Å². The molecule has 0 aliphatic carbocycles. The number of carbonyl (C=O) groups excluding carboxylic acids is 1. The second kappa shape index (κ2) is 7.20. The Labute approximate surface area is 167 Å². The van der Waals surface area contributed by atoms with E-state index >= 15 is 0 Å². The highest BCUT2D eigenvalue weighted by Crippen LogP contribution is 2.32. The van der Waals surface area contributed by atoms with E-state index in [9.17, 15) is 14.9 Å². The number of anilines is 1. The Hall–Kier alpha value is -4.00. The number of nitrogens with zero attached hydrogens (tertiary/aromatic N) is 4. The van der Waals surface area contributed by atoms with Crippen LogP contribution < -0.4 is 4.90 Å². The van der Waals surface area contributed by atoms with Gasteiger partial charge in [-0.3, -0.25) is 19.5 Å². The van der Waals surface area contributed by atoms with Gasteiger partial charge < -0.3 is 4.90 Å². The molecule has 4 aromatic rings. The second-order valence-corrected chi connectivity index (χ2v) is 6.78. The molecule has 3 aromatic carbocycles. The fraction of sp³-hybridized carbons (Fsp3) is 0.0909. The maximum atomic E-state index is 13.4. The molecule has 29 heavy (non-hydrogen) atoms. The van der Waals surface area contributed by atoms with Crippen LogP contribution in [0, 0.1) is 10.1 Å². The normalized spacial score (nSPS) is 10.8. The standard InChI is InChI=1S/C22H18N4O3/c1-24(2)16-13-11-15(12-14-16)22(27)25-20-10-6-4-8-18(20)23-21(25)17-7-3-5-9-19(17)26(28)29/h3-14H,1-2H3. The lowest BCUT2D eigenvalue weighted by Crippen LogP contribution is -2.14. The first kappa shape index (κ1) is 18.4. The second-order valence-electron chi connectivity index (χ2n) is 6.78. The average molecular weight is 386 g/mol. The molecule has 0 saturated heterocycles. The van der Waals surface area contributed by atoms with E-state index in [2.05, 4.69) is 4.98 Å². The summed E-state index contributed by atoms with van der Waals surface area (Å²) in [5.41, 5.74) is 2.84. The molecule has 0 aliphatic rings. The van der Waals surface area contributed by atoms with Gasteiger partial charge in [0.05, 0.1) is 21.5 Å². The van der Waals surface area contributed by atoms with Gasteiger partial charge >= 0.3 is 0 Å². The van der Waals surface area contributed by atoms with Crippen molar-refractivity contribution >= 4 is 28.3 Å². The molecule has 0 fully saturated rings. The lowest BCUT2D eigenvalue weighted by Gasteiger charge is -2.13. The van der Waals surface area contributed by atoms with Crippen LogP contribution in [0.25, 0.3) is 22.4 Å². The molecule has 144 valence electrons. The Balaban J connectivity index is 1.93. The maximum Gasteiger partial charge on any atom is 0.280 e. The van der Waals surface area contributed by atoms with Gasteiger partial charge in [-0.25, -0.2) is 4.98 Å². The fourth-order valence-electron chi connectivity index (χ4n) is 3.27. The molecule has 0 bridgehead atoms. The van der Waals surface area contributed by atoms with E-state index < -0.39 is 4.92 Å². The van der Waals surface area contributed by atoms with Crippen molar-refractivity contribution in [2.45, 2.75) is 0 Å². The van der Waals surface area contributed by atoms with Crippen LogP contribution in [0.4, 0.5) is 11.4 Å². The van der Waals surface area contributed by atoms with Crippen LogP contribution in [0.2, 0.25) is 0 Å². The molecule has 0 saturated carbocycles. The molecule has 0 amide bonds. The molecule has 0 spiro atoms. The highest BCUT2D eigenvalue weighted by Gasteiger charge is 2.24. The van der Waals surface area contributed by atoms with E-state index in [1.165, 1.54) is 10.6 Å². The highest BCUT2D eigenvalue weighted by molar-refractivity contribution is 6.04. The number of nitro benzene ring substituents is 1. The summed E-state index contributed by atoms with van der Waals surface area (Å²) in [6.45, 7) is 0. The number of fused-ring (bicyclic) bond motifs is 1. The van der Waals surface area contributed by atoms with Crippen LogP contribution in [0.3, 0.4) is 0 Å². The largest absolute Gasteiger partial charge is 0.378 e. The molecular weight excluding hydrogens is 368 g/mol. The van der Waals surface area contributed by atoms with Crippen molar-refractivity contribution in [2.24, 2.45) is 0 Å². The van der Waals surface area contributed by atoms with Gasteiger partial charge in [0.15, 0.2) is 5.82 Å². The number of para-hydroxylation sites is 3. The molecule has 7 heteroatoms. The van der Waals surface area contributed by atoms with Crippen LogP contribution in [-0.2, 0) is 0 Å². The predicted molar refractivity (Wildman–Crippen MR) is 112 cm³/mol. The van der Waals surface area contributed by atoms with Crippen molar-refractivity contribution in [2.75, 3.05) is 19.0 Å². The molecule has 1 heterocycles. The van der Waals surface area contributed by atoms with Crippen LogP contribution in [0.1, 0.15) is 10.4 Å². The topological polar surface area (TPSA) is 81.3 Å². The molecule has 0 aliphatic heterocycles. The van der Waals surface area contributed by atoms with Gasteiger partial charge in [0.1, 0.15) is 0 Å². The molecule has 0 unspecified atom stereocenters. The van der Waals surface area contributed by atoms with Crippen LogP contribution in [0.15, 0.2) is 72.8 Å². The van der Waals surface area contributed by atoms with Gasteiger partial charge in [0.2, 0.25) is 0 Å². The lowest BCUT2D eigenvalue weighted by molar-refractivity contribution is -0.384. The number of hydrogen-bond donors (Lipinski definition) is 0. The van der Waals surface area contributed by atoms with E-state index in [1.54, 1.807) is 42.5 Å². The number of hydrogen-bond acceptors (Lipinski definition) is 5. The Morgan fingerprint density at radius 3 is 2.31 bits per heavy atom. The summed E-state index contributed by atoms with van der Waals surface area (Å²) in [6.07, 6.45) is 0. The maximum absolute atomic E-state index is 13.4. The summed E-state index contributed by atoms with van der Waals surface area (Å²) in [5.74, 6) is -0.0441. The van der Waals surface area contributed by atoms with Gasteiger partial charge in [0, 0.05) is 31.4 Å². The zero-order valence-corrected chi connectivity index (χ0v) is 15.9. The minimum absolute atomic E-state index is 0.0974. The van der Waals surface area contributed by atoms with Crippen molar-refractivity contribution in [3.05, 3.63) is 88.5 Å². The van der Waals surface area contributed by atoms with Crippen molar-refractivity contribution in [3.8, 4) is 11.4 Å². The number of benzene rings is 3. The number of carbonyl (C=O) groups is 1. The van der Waals surface area contributed by atoms with Crippen molar-refractivity contribution in [3.63, 3.8) is 0 Å². The van der Waals surface area contributed by atoms with Crippen LogP contribution >= 0.6 is 0 Å². The molecule has 4 rings (SSSR count). The van der Waals surface area contributed by atoms with Gasteiger partial charge in [-0.1, -0.05) is 24.3 Å². The zero-order chi connectivity index (χ0) is 20.5.